The van der Waals surface area contributed by atoms with Crippen LogP contribution in [-0.4, -0.2) is 58.5 Å². The van der Waals surface area contributed by atoms with Gasteiger partial charge in [0.15, 0.2) is 0 Å². The lowest BCUT2D eigenvalue weighted by atomic mass is 9.51. The molecule has 3 saturated carbocycles. The van der Waals surface area contributed by atoms with Crippen LogP contribution in [0.5, 0.6) is 0 Å². The van der Waals surface area contributed by atoms with Crippen LogP contribution in [0.4, 0.5) is 11.6 Å². The van der Waals surface area contributed by atoms with Gasteiger partial charge in [-0.3, -0.25) is 9.59 Å². The standard InChI is InChI=1S/C25H30N6O2/c1-24-8-7-17(25(16-24)28-20-6-3-2-5-18(20)21(32)29-25)15-19(24)22(33)30-11-13-31(14-12-30)23-26-9-4-10-27-23/h2-6,9-10,17,19,28H,7-8,11-16H2,1H3,(H,29,32)/t17-,19-,24-,25+/m1/s1. The van der Waals surface area contributed by atoms with Gasteiger partial charge in [0.2, 0.25) is 11.9 Å². The van der Waals surface area contributed by atoms with Crippen LogP contribution >= 0.6 is 0 Å². The van der Waals surface area contributed by atoms with Crippen molar-refractivity contribution < 1.29 is 9.59 Å². The van der Waals surface area contributed by atoms with Gasteiger partial charge in [-0.05, 0) is 49.3 Å². The molecule has 2 amide bonds. The second kappa shape index (κ2) is 7.43. The number of hydrogen-bond donors (Lipinski definition) is 2. The van der Waals surface area contributed by atoms with Gasteiger partial charge >= 0.3 is 0 Å². The van der Waals surface area contributed by atoms with E-state index in [4.69, 9.17) is 0 Å². The van der Waals surface area contributed by atoms with Crippen LogP contribution in [0, 0.1) is 17.3 Å². The lowest BCUT2D eigenvalue weighted by Crippen LogP contribution is -2.70. The molecular formula is C25H30N6O2. The molecule has 1 aromatic carbocycles. The van der Waals surface area contributed by atoms with Crippen LogP contribution in [0.1, 0.15) is 43.0 Å². The first-order chi connectivity index (χ1) is 16.0. The van der Waals surface area contributed by atoms with Gasteiger partial charge < -0.3 is 20.4 Å². The number of rotatable bonds is 2. The highest BCUT2D eigenvalue weighted by Gasteiger charge is 2.60. The monoisotopic (exact) mass is 446 g/mol. The third-order valence-electron chi connectivity index (χ3n) is 8.40. The summed E-state index contributed by atoms with van der Waals surface area (Å²) in [6, 6.07) is 9.52. The average Bonchev–Trinajstić information content (AvgIpc) is 2.84. The predicted octanol–water partition coefficient (Wildman–Crippen LogP) is 2.50. The van der Waals surface area contributed by atoms with Crippen molar-refractivity contribution in [3.63, 3.8) is 0 Å². The number of nitrogens with zero attached hydrogens (tertiary/aromatic N) is 4. The highest BCUT2D eigenvalue weighted by Crippen LogP contribution is 2.58. The molecule has 4 fully saturated rings. The first-order valence-electron chi connectivity index (χ1n) is 12.0. The van der Waals surface area contributed by atoms with E-state index in [1.165, 1.54) is 0 Å². The summed E-state index contributed by atoms with van der Waals surface area (Å²) < 4.78 is 0. The number of carbonyl (C=O) groups is 2. The number of nitrogens with one attached hydrogen (secondary N) is 2. The Kier molecular flexibility index (Phi) is 4.61. The minimum absolute atomic E-state index is 0.00253. The van der Waals surface area contributed by atoms with Crippen LogP contribution in [0.3, 0.4) is 0 Å². The van der Waals surface area contributed by atoms with Crippen molar-refractivity contribution in [3.8, 4) is 0 Å². The van der Waals surface area contributed by atoms with Gasteiger partial charge in [-0.1, -0.05) is 19.1 Å². The summed E-state index contributed by atoms with van der Waals surface area (Å²) in [6.07, 6.45) is 7.14. The largest absolute Gasteiger partial charge is 0.362 e. The van der Waals surface area contributed by atoms with Gasteiger partial charge in [-0.25, -0.2) is 9.97 Å². The summed E-state index contributed by atoms with van der Waals surface area (Å²) in [7, 11) is 0. The molecule has 2 N–H and O–H groups in total. The van der Waals surface area contributed by atoms with E-state index >= 15 is 0 Å². The van der Waals surface area contributed by atoms with Gasteiger partial charge in [0, 0.05) is 56.1 Å². The van der Waals surface area contributed by atoms with E-state index < -0.39 is 5.66 Å². The average molecular weight is 447 g/mol. The Bertz CT molecular complexity index is 1090. The quantitative estimate of drug-likeness (QED) is 0.737. The van der Waals surface area contributed by atoms with Gasteiger partial charge in [0.25, 0.3) is 5.91 Å². The Morgan fingerprint density at radius 3 is 2.58 bits per heavy atom. The molecule has 1 aromatic heterocycles. The number of amides is 2. The lowest BCUT2D eigenvalue weighted by Gasteiger charge is -2.61. The van der Waals surface area contributed by atoms with E-state index in [2.05, 4.69) is 32.4 Å². The Morgan fingerprint density at radius 1 is 1.06 bits per heavy atom. The molecule has 4 atom stereocenters. The molecule has 2 aromatic rings. The van der Waals surface area contributed by atoms with Crippen molar-refractivity contribution in [1.29, 1.82) is 0 Å². The number of para-hydroxylation sites is 1. The SMILES string of the molecule is C[C@]12CC[C@H](C[C@@H]1C(=O)N1CCN(c3ncccn3)CC1)[C@]1(C2)NC(=O)c2ccccc2N1. The maximum Gasteiger partial charge on any atom is 0.255 e. The number of piperazine rings is 1. The molecule has 0 radical (unpaired) electrons. The van der Waals surface area contributed by atoms with Crippen LogP contribution in [0.2, 0.25) is 0 Å². The molecule has 7 rings (SSSR count). The highest BCUT2D eigenvalue weighted by atomic mass is 16.2. The smallest absolute Gasteiger partial charge is 0.255 e. The van der Waals surface area contributed by atoms with E-state index in [9.17, 15) is 9.59 Å². The van der Waals surface area contributed by atoms with E-state index in [0.29, 0.717) is 18.7 Å². The van der Waals surface area contributed by atoms with Crippen LogP contribution in [-0.2, 0) is 4.79 Å². The van der Waals surface area contributed by atoms with Crippen molar-refractivity contribution in [2.75, 3.05) is 36.4 Å². The first kappa shape index (κ1) is 20.4. The number of hydrogen-bond acceptors (Lipinski definition) is 6. The molecule has 172 valence electrons. The maximum atomic E-state index is 13.7. The summed E-state index contributed by atoms with van der Waals surface area (Å²) in [5, 5.41) is 7.00. The number of aromatic nitrogens is 2. The molecule has 33 heavy (non-hydrogen) atoms. The fraction of sp³-hybridized carbons (Fsp3) is 0.520. The molecule has 3 heterocycles. The van der Waals surface area contributed by atoms with E-state index in [1.54, 1.807) is 12.4 Å². The van der Waals surface area contributed by atoms with Gasteiger partial charge in [0.05, 0.1) is 5.56 Å². The summed E-state index contributed by atoms with van der Waals surface area (Å²) in [5.41, 5.74) is 0.999. The molecule has 1 spiro atoms. The number of carbonyl (C=O) groups excluding carboxylic acids is 2. The Labute approximate surface area is 193 Å². The molecule has 3 aliphatic carbocycles. The van der Waals surface area contributed by atoms with Gasteiger partial charge in [-0.2, -0.15) is 0 Å². The summed E-state index contributed by atoms with van der Waals surface area (Å²) >= 11 is 0. The normalized spacial score (nSPS) is 32.8. The van der Waals surface area contributed by atoms with Crippen LogP contribution < -0.4 is 15.5 Å². The fourth-order valence-electron chi connectivity index (χ4n) is 6.63. The number of anilines is 2. The van der Waals surface area contributed by atoms with Crippen LogP contribution in [0.25, 0.3) is 0 Å². The van der Waals surface area contributed by atoms with Crippen molar-refractivity contribution in [2.24, 2.45) is 17.3 Å². The number of fused-ring (bicyclic) bond motifs is 3. The molecule has 5 aliphatic rings. The fourth-order valence-corrected chi connectivity index (χ4v) is 6.63. The Morgan fingerprint density at radius 2 is 1.82 bits per heavy atom. The molecular weight excluding hydrogens is 416 g/mol. The predicted molar refractivity (Wildman–Crippen MR) is 125 cm³/mol. The Hall–Kier alpha value is -3.16. The minimum atomic E-state index is -0.460. The zero-order valence-corrected chi connectivity index (χ0v) is 19.0. The van der Waals surface area contributed by atoms with Crippen LogP contribution in [0.15, 0.2) is 42.7 Å². The molecule has 0 unspecified atom stereocenters. The number of benzene rings is 1. The third kappa shape index (κ3) is 3.26. The van der Waals surface area contributed by atoms with E-state index in [0.717, 1.165) is 50.4 Å². The van der Waals surface area contributed by atoms with E-state index in [1.807, 2.05) is 35.2 Å². The summed E-state index contributed by atoms with van der Waals surface area (Å²) in [5.74, 6) is 1.23. The highest BCUT2D eigenvalue weighted by molar-refractivity contribution is 6.02. The zero-order valence-electron chi connectivity index (χ0n) is 19.0. The minimum Gasteiger partial charge on any atom is -0.362 e. The molecule has 8 nitrogen and oxygen atoms in total. The Balaban J connectivity index is 1.18. The maximum absolute atomic E-state index is 13.7. The van der Waals surface area contributed by atoms with Gasteiger partial charge in [0.1, 0.15) is 5.66 Å². The molecule has 2 aliphatic heterocycles. The lowest BCUT2D eigenvalue weighted by molar-refractivity contribution is -0.150. The topological polar surface area (TPSA) is 90.5 Å². The zero-order chi connectivity index (χ0) is 22.6. The van der Waals surface area contributed by atoms with Gasteiger partial charge in [-0.15, -0.1) is 0 Å². The first-order valence-corrected chi connectivity index (χ1v) is 12.0. The van der Waals surface area contributed by atoms with E-state index in [-0.39, 0.29) is 29.1 Å². The second-order valence-electron chi connectivity index (χ2n) is 10.3. The van der Waals surface area contributed by atoms with Crippen molar-refractivity contribution >= 4 is 23.5 Å². The summed E-state index contributed by atoms with van der Waals surface area (Å²) in [4.78, 5) is 39.5. The molecule has 8 heteroatoms. The summed E-state index contributed by atoms with van der Waals surface area (Å²) in [6.45, 7) is 5.14. The molecule has 2 bridgehead atoms. The van der Waals surface area contributed by atoms with Crippen molar-refractivity contribution in [2.45, 2.75) is 38.3 Å². The molecule has 1 saturated heterocycles. The van der Waals surface area contributed by atoms with Crippen molar-refractivity contribution in [3.05, 3.63) is 48.3 Å². The third-order valence-corrected chi connectivity index (χ3v) is 8.40. The van der Waals surface area contributed by atoms with Crippen molar-refractivity contribution in [1.82, 2.24) is 20.2 Å². The second-order valence-corrected chi connectivity index (χ2v) is 10.3.